The number of hydrazone groups is 1. The normalized spacial score (nSPS) is 28.1. The summed E-state index contributed by atoms with van der Waals surface area (Å²) >= 11 is 0. The van der Waals surface area contributed by atoms with E-state index in [0.717, 1.165) is 53.7 Å². The Balaban J connectivity index is 1.35. The first kappa shape index (κ1) is 20.9. The summed E-state index contributed by atoms with van der Waals surface area (Å²) in [6.07, 6.45) is 6.49. The summed E-state index contributed by atoms with van der Waals surface area (Å²) < 4.78 is 18.4. The average molecular weight is 447 g/mol. The molecule has 33 heavy (non-hydrogen) atoms. The highest BCUT2D eigenvalue weighted by molar-refractivity contribution is 6.02. The summed E-state index contributed by atoms with van der Waals surface area (Å²) in [7, 11) is 0. The maximum absolute atomic E-state index is 6.82. The van der Waals surface area contributed by atoms with E-state index in [-0.39, 0.29) is 11.8 Å². The highest BCUT2D eigenvalue weighted by Crippen LogP contribution is 2.54. The fourth-order valence-electron chi connectivity index (χ4n) is 6.10. The molecule has 4 aliphatic rings. The van der Waals surface area contributed by atoms with Gasteiger partial charge in [-0.2, -0.15) is 5.10 Å². The van der Waals surface area contributed by atoms with Crippen LogP contribution in [0.1, 0.15) is 76.5 Å². The molecule has 3 heterocycles. The zero-order chi connectivity index (χ0) is 22.6. The third kappa shape index (κ3) is 3.39. The molecule has 174 valence electrons. The summed E-state index contributed by atoms with van der Waals surface area (Å²) in [5, 5.41) is 7.56. The molecule has 0 bridgehead atoms. The van der Waals surface area contributed by atoms with E-state index < -0.39 is 0 Å². The van der Waals surface area contributed by atoms with E-state index in [1.54, 1.807) is 0 Å². The third-order valence-electron chi connectivity index (χ3n) is 8.56. The van der Waals surface area contributed by atoms with E-state index in [9.17, 15) is 0 Å². The van der Waals surface area contributed by atoms with Crippen molar-refractivity contribution in [2.24, 2.45) is 16.4 Å². The molecule has 6 rings (SSSR count). The quantitative estimate of drug-likeness (QED) is 0.553. The van der Waals surface area contributed by atoms with Crippen molar-refractivity contribution in [1.82, 2.24) is 5.01 Å². The standard InChI is InChI=1S/C28H34N2O3/c1-4-27(2,3)20-11-13-28(14-12-20)30-23(21-7-5-6-8-24(21)33-28)18-22(29-30)19-9-10-25-26(17-19)32-16-15-31-25/h5-10,17,20,23H,4,11-16,18H2,1-3H3/t20?,23-,28?/m1/s1. The van der Waals surface area contributed by atoms with Crippen molar-refractivity contribution in [3.8, 4) is 17.2 Å². The van der Waals surface area contributed by atoms with Gasteiger partial charge >= 0.3 is 0 Å². The van der Waals surface area contributed by atoms with Crippen LogP contribution in [0.25, 0.3) is 0 Å². The Kier molecular flexibility index (Phi) is 4.86. The minimum Gasteiger partial charge on any atom is -0.486 e. The summed E-state index contributed by atoms with van der Waals surface area (Å²) in [5.41, 5.74) is 3.48. The van der Waals surface area contributed by atoms with Gasteiger partial charge in [0.2, 0.25) is 0 Å². The van der Waals surface area contributed by atoms with Gasteiger partial charge in [0.1, 0.15) is 19.0 Å². The van der Waals surface area contributed by atoms with Crippen LogP contribution in [-0.4, -0.2) is 29.7 Å². The molecule has 3 aliphatic heterocycles. The van der Waals surface area contributed by atoms with E-state index >= 15 is 0 Å². The lowest BCUT2D eigenvalue weighted by Gasteiger charge is -2.52. The first-order chi connectivity index (χ1) is 16.0. The van der Waals surface area contributed by atoms with Crippen molar-refractivity contribution in [3.05, 3.63) is 53.6 Å². The molecule has 1 fully saturated rings. The fraction of sp³-hybridized carbons (Fsp3) is 0.536. The van der Waals surface area contributed by atoms with E-state index in [1.165, 1.54) is 24.8 Å². The zero-order valence-corrected chi connectivity index (χ0v) is 20.0. The topological polar surface area (TPSA) is 43.3 Å². The molecular formula is C28H34N2O3. The number of rotatable bonds is 3. The summed E-state index contributed by atoms with van der Waals surface area (Å²) in [4.78, 5) is 0. The number of hydrogen-bond donors (Lipinski definition) is 0. The first-order valence-electron chi connectivity index (χ1n) is 12.5. The van der Waals surface area contributed by atoms with Crippen LogP contribution < -0.4 is 14.2 Å². The summed E-state index contributed by atoms with van der Waals surface area (Å²) in [5.74, 6) is 3.41. The van der Waals surface area contributed by atoms with Crippen LogP contribution in [-0.2, 0) is 0 Å². The minimum absolute atomic E-state index is 0.217. The van der Waals surface area contributed by atoms with Gasteiger partial charge in [0.25, 0.3) is 0 Å². The summed E-state index contributed by atoms with van der Waals surface area (Å²) in [6, 6.07) is 15.0. The van der Waals surface area contributed by atoms with Crippen molar-refractivity contribution < 1.29 is 14.2 Å². The Morgan fingerprint density at radius 1 is 1.00 bits per heavy atom. The lowest BCUT2D eigenvalue weighted by Crippen LogP contribution is -2.56. The van der Waals surface area contributed by atoms with Crippen molar-refractivity contribution in [3.63, 3.8) is 0 Å². The Labute approximate surface area is 196 Å². The lowest BCUT2D eigenvalue weighted by molar-refractivity contribution is -0.152. The van der Waals surface area contributed by atoms with Gasteiger partial charge in [-0.3, -0.25) is 0 Å². The maximum Gasteiger partial charge on any atom is 0.198 e. The maximum atomic E-state index is 6.82. The van der Waals surface area contributed by atoms with Crippen LogP contribution >= 0.6 is 0 Å². The second-order valence-corrected chi connectivity index (χ2v) is 10.7. The number of para-hydroxylation sites is 1. The molecule has 0 aromatic heterocycles. The van der Waals surface area contributed by atoms with Gasteiger partial charge in [-0.25, -0.2) is 5.01 Å². The van der Waals surface area contributed by atoms with Gasteiger partial charge < -0.3 is 14.2 Å². The SMILES string of the molecule is CCC(C)(C)C1CCC2(CC1)Oc1ccccc1[C@H]1CC(c3ccc4c(c3)OCCO4)=NN12. The van der Waals surface area contributed by atoms with Crippen LogP contribution in [0.15, 0.2) is 47.6 Å². The second kappa shape index (κ2) is 7.68. The number of benzene rings is 2. The van der Waals surface area contributed by atoms with E-state index in [4.69, 9.17) is 19.3 Å². The van der Waals surface area contributed by atoms with Gasteiger partial charge in [0.15, 0.2) is 17.2 Å². The molecular weight excluding hydrogens is 412 g/mol. The van der Waals surface area contributed by atoms with Gasteiger partial charge in [-0.1, -0.05) is 45.4 Å². The number of hydrogen-bond acceptors (Lipinski definition) is 5. The first-order valence-corrected chi connectivity index (χ1v) is 12.5. The van der Waals surface area contributed by atoms with E-state index in [1.807, 2.05) is 6.07 Å². The van der Waals surface area contributed by atoms with E-state index in [0.29, 0.717) is 18.6 Å². The molecule has 0 N–H and O–H groups in total. The molecule has 0 unspecified atom stereocenters. The van der Waals surface area contributed by atoms with Crippen molar-refractivity contribution >= 4 is 5.71 Å². The highest BCUT2D eigenvalue weighted by Gasteiger charge is 2.53. The molecule has 0 saturated heterocycles. The predicted octanol–water partition coefficient (Wildman–Crippen LogP) is 6.32. The van der Waals surface area contributed by atoms with E-state index in [2.05, 4.69) is 62.2 Å². The van der Waals surface area contributed by atoms with Crippen LogP contribution in [0.2, 0.25) is 0 Å². The fourth-order valence-corrected chi connectivity index (χ4v) is 6.10. The molecule has 2 aromatic carbocycles. The molecule has 0 radical (unpaired) electrons. The molecule has 5 nitrogen and oxygen atoms in total. The minimum atomic E-state index is -0.352. The number of nitrogens with zero attached hydrogens (tertiary/aromatic N) is 2. The molecule has 1 atom stereocenters. The van der Waals surface area contributed by atoms with Gasteiger partial charge in [0.05, 0.1) is 11.8 Å². The predicted molar refractivity (Wildman–Crippen MR) is 129 cm³/mol. The molecule has 1 spiro atoms. The van der Waals surface area contributed by atoms with Gasteiger partial charge in [-0.15, -0.1) is 0 Å². The van der Waals surface area contributed by atoms with Gasteiger partial charge in [0, 0.05) is 30.4 Å². The molecule has 5 heteroatoms. The Morgan fingerprint density at radius 3 is 2.55 bits per heavy atom. The number of ether oxygens (including phenoxy) is 3. The van der Waals surface area contributed by atoms with Crippen LogP contribution in [0.3, 0.4) is 0 Å². The Bertz CT molecular complexity index is 1080. The van der Waals surface area contributed by atoms with Crippen molar-refractivity contribution in [1.29, 1.82) is 0 Å². The molecule has 1 saturated carbocycles. The monoisotopic (exact) mass is 446 g/mol. The van der Waals surface area contributed by atoms with Crippen LogP contribution in [0.5, 0.6) is 17.2 Å². The molecule has 1 aliphatic carbocycles. The largest absolute Gasteiger partial charge is 0.486 e. The van der Waals surface area contributed by atoms with Crippen molar-refractivity contribution in [2.75, 3.05) is 13.2 Å². The average Bonchev–Trinajstić information content (AvgIpc) is 3.31. The lowest BCUT2D eigenvalue weighted by atomic mass is 9.67. The Hall–Kier alpha value is -2.69. The number of fused-ring (bicyclic) bond motifs is 5. The molecule has 2 aromatic rings. The molecule has 0 amide bonds. The smallest absolute Gasteiger partial charge is 0.198 e. The van der Waals surface area contributed by atoms with Crippen molar-refractivity contribution in [2.45, 2.75) is 71.1 Å². The Morgan fingerprint density at radius 2 is 1.76 bits per heavy atom. The van der Waals surface area contributed by atoms with Crippen LogP contribution in [0.4, 0.5) is 0 Å². The zero-order valence-electron chi connectivity index (χ0n) is 20.0. The highest BCUT2D eigenvalue weighted by atomic mass is 16.6. The third-order valence-corrected chi connectivity index (χ3v) is 8.56. The van der Waals surface area contributed by atoms with Gasteiger partial charge in [-0.05, 0) is 48.4 Å². The van der Waals surface area contributed by atoms with Crippen LogP contribution in [0, 0.1) is 11.3 Å². The second-order valence-electron chi connectivity index (χ2n) is 10.7. The summed E-state index contributed by atoms with van der Waals surface area (Å²) in [6.45, 7) is 8.36.